The second-order valence-corrected chi connectivity index (χ2v) is 4.69. The van der Waals surface area contributed by atoms with Gasteiger partial charge in [0, 0.05) is 11.7 Å². The lowest BCUT2D eigenvalue weighted by atomic mass is 10.1. The van der Waals surface area contributed by atoms with Gasteiger partial charge in [0.1, 0.15) is 5.75 Å². The van der Waals surface area contributed by atoms with Gasteiger partial charge in [0.2, 0.25) is 0 Å². The van der Waals surface area contributed by atoms with Crippen LogP contribution < -0.4 is 15.8 Å². The number of nitrogens with two attached hydrogens (primary N) is 1. The summed E-state index contributed by atoms with van der Waals surface area (Å²) in [7, 11) is 0. The van der Waals surface area contributed by atoms with Gasteiger partial charge in [0.05, 0.1) is 0 Å². The van der Waals surface area contributed by atoms with E-state index in [1.54, 1.807) is 12.1 Å². The van der Waals surface area contributed by atoms with E-state index in [2.05, 4.69) is 5.32 Å². The van der Waals surface area contributed by atoms with Crippen molar-refractivity contribution in [3.05, 3.63) is 60.2 Å². The molecule has 0 aliphatic rings. The number of hydrogen-bond acceptors (Lipinski definition) is 3. The molecular formula is C16H18N2O2. The third-order valence-electron chi connectivity index (χ3n) is 2.84. The van der Waals surface area contributed by atoms with Crippen LogP contribution >= 0.6 is 0 Å². The molecular weight excluding hydrogens is 252 g/mol. The molecule has 2 aromatic rings. The normalized spacial score (nSPS) is 11.7. The summed E-state index contributed by atoms with van der Waals surface area (Å²) in [5.41, 5.74) is 7.49. The van der Waals surface area contributed by atoms with E-state index in [9.17, 15) is 4.79 Å². The van der Waals surface area contributed by atoms with Crippen LogP contribution in [0.15, 0.2) is 54.6 Å². The number of hydrogen-bond donors (Lipinski definition) is 2. The van der Waals surface area contributed by atoms with Crippen molar-refractivity contribution in [2.24, 2.45) is 0 Å². The molecule has 4 nitrogen and oxygen atoms in total. The molecule has 2 rings (SSSR count). The van der Waals surface area contributed by atoms with Gasteiger partial charge in [0.25, 0.3) is 0 Å². The van der Waals surface area contributed by atoms with Gasteiger partial charge < -0.3 is 15.8 Å². The molecule has 1 unspecified atom stereocenters. The van der Waals surface area contributed by atoms with Gasteiger partial charge in [-0.1, -0.05) is 30.3 Å². The maximum atomic E-state index is 11.7. The van der Waals surface area contributed by atoms with E-state index in [4.69, 9.17) is 10.5 Å². The van der Waals surface area contributed by atoms with E-state index >= 15 is 0 Å². The highest BCUT2D eigenvalue weighted by molar-refractivity contribution is 5.70. The van der Waals surface area contributed by atoms with E-state index in [1.807, 2.05) is 49.4 Å². The van der Waals surface area contributed by atoms with Gasteiger partial charge in [-0.3, -0.25) is 0 Å². The zero-order valence-corrected chi connectivity index (χ0v) is 11.4. The Labute approximate surface area is 118 Å². The van der Waals surface area contributed by atoms with Crippen molar-refractivity contribution < 1.29 is 9.53 Å². The predicted molar refractivity (Wildman–Crippen MR) is 79.6 cm³/mol. The zero-order valence-electron chi connectivity index (χ0n) is 11.4. The molecule has 1 amide bonds. The number of para-hydroxylation sites is 1. The topological polar surface area (TPSA) is 64.3 Å². The molecule has 0 bridgehead atoms. The zero-order chi connectivity index (χ0) is 14.4. The number of nitrogens with one attached hydrogen (secondary N) is 1. The predicted octanol–water partition coefficient (Wildman–Crippen LogP) is 2.99. The number of nitrogen functional groups attached to an aromatic ring is 1. The fourth-order valence-corrected chi connectivity index (χ4v) is 1.88. The van der Waals surface area contributed by atoms with Crippen LogP contribution in [0.1, 0.15) is 12.5 Å². The van der Waals surface area contributed by atoms with Gasteiger partial charge in [-0.2, -0.15) is 0 Å². The summed E-state index contributed by atoms with van der Waals surface area (Å²) >= 11 is 0. The Hall–Kier alpha value is -2.49. The van der Waals surface area contributed by atoms with E-state index in [-0.39, 0.29) is 6.04 Å². The molecule has 0 saturated carbocycles. The van der Waals surface area contributed by atoms with Crippen LogP contribution in [0.2, 0.25) is 0 Å². The van der Waals surface area contributed by atoms with Crippen molar-refractivity contribution in [3.63, 3.8) is 0 Å². The molecule has 104 valence electrons. The third-order valence-corrected chi connectivity index (χ3v) is 2.84. The summed E-state index contributed by atoms with van der Waals surface area (Å²) in [5.74, 6) is 0.532. The average molecular weight is 270 g/mol. The maximum Gasteiger partial charge on any atom is 0.412 e. The Balaban J connectivity index is 1.83. The fraction of sp³-hybridized carbons (Fsp3) is 0.188. The summed E-state index contributed by atoms with van der Waals surface area (Å²) in [6.07, 6.45) is 0.281. The molecule has 0 radical (unpaired) electrons. The van der Waals surface area contributed by atoms with E-state index in [1.165, 1.54) is 0 Å². The SMILES string of the molecule is CC(Cc1ccc(N)cc1)NC(=O)Oc1ccccc1. The number of amides is 1. The molecule has 0 spiro atoms. The lowest BCUT2D eigenvalue weighted by molar-refractivity contribution is 0.197. The van der Waals surface area contributed by atoms with Crippen molar-refractivity contribution >= 4 is 11.8 Å². The number of carbonyl (C=O) groups is 1. The van der Waals surface area contributed by atoms with Crippen molar-refractivity contribution in [2.45, 2.75) is 19.4 Å². The fourth-order valence-electron chi connectivity index (χ4n) is 1.88. The quantitative estimate of drug-likeness (QED) is 0.839. The van der Waals surface area contributed by atoms with Crippen LogP contribution in [0.3, 0.4) is 0 Å². The lowest BCUT2D eigenvalue weighted by Gasteiger charge is -2.14. The van der Waals surface area contributed by atoms with Gasteiger partial charge in [0.15, 0.2) is 0 Å². The summed E-state index contributed by atoms with van der Waals surface area (Å²) in [4.78, 5) is 11.7. The Morgan fingerprint density at radius 3 is 2.45 bits per heavy atom. The molecule has 0 aliphatic carbocycles. The standard InChI is InChI=1S/C16H18N2O2/c1-12(11-13-7-9-14(17)10-8-13)18-16(19)20-15-5-3-2-4-6-15/h2-10,12H,11,17H2,1H3,(H,18,19). The second kappa shape index (κ2) is 6.61. The highest BCUT2D eigenvalue weighted by atomic mass is 16.6. The van der Waals surface area contributed by atoms with E-state index in [0.717, 1.165) is 17.7 Å². The minimum Gasteiger partial charge on any atom is -0.410 e. The minimum atomic E-state index is -0.445. The van der Waals surface area contributed by atoms with Crippen LogP contribution in [0.25, 0.3) is 0 Å². The lowest BCUT2D eigenvalue weighted by Crippen LogP contribution is -2.36. The van der Waals surface area contributed by atoms with Crippen molar-refractivity contribution in [1.29, 1.82) is 0 Å². The number of carbonyl (C=O) groups excluding carboxylic acids is 1. The number of rotatable bonds is 4. The first-order valence-electron chi connectivity index (χ1n) is 6.51. The van der Waals surface area contributed by atoms with Crippen molar-refractivity contribution in [1.82, 2.24) is 5.32 Å². The Morgan fingerprint density at radius 1 is 1.15 bits per heavy atom. The maximum absolute atomic E-state index is 11.7. The molecule has 4 heteroatoms. The molecule has 1 atom stereocenters. The first-order valence-corrected chi connectivity index (χ1v) is 6.51. The van der Waals surface area contributed by atoms with Crippen LogP contribution in [0, 0.1) is 0 Å². The van der Waals surface area contributed by atoms with Crippen molar-refractivity contribution in [2.75, 3.05) is 5.73 Å². The first-order chi connectivity index (χ1) is 9.63. The van der Waals surface area contributed by atoms with Crippen molar-refractivity contribution in [3.8, 4) is 5.75 Å². The van der Waals surface area contributed by atoms with Crippen LogP contribution in [-0.4, -0.2) is 12.1 Å². The summed E-state index contributed by atoms with van der Waals surface area (Å²) in [6.45, 7) is 1.93. The summed E-state index contributed by atoms with van der Waals surface area (Å²) in [6, 6.07) is 16.6. The molecule has 0 aromatic heterocycles. The third kappa shape index (κ3) is 4.31. The Kier molecular flexibility index (Phi) is 4.60. The molecule has 20 heavy (non-hydrogen) atoms. The number of ether oxygens (including phenoxy) is 1. The molecule has 2 aromatic carbocycles. The molecule has 3 N–H and O–H groups in total. The molecule has 0 fully saturated rings. The van der Waals surface area contributed by atoms with Gasteiger partial charge in [-0.15, -0.1) is 0 Å². The highest BCUT2D eigenvalue weighted by Crippen LogP contribution is 2.10. The second-order valence-electron chi connectivity index (χ2n) is 4.69. The van der Waals surface area contributed by atoms with Gasteiger partial charge in [-0.25, -0.2) is 4.79 Å². The molecule has 0 saturated heterocycles. The highest BCUT2D eigenvalue weighted by Gasteiger charge is 2.09. The summed E-state index contributed by atoms with van der Waals surface area (Å²) in [5, 5.41) is 2.80. The smallest absolute Gasteiger partial charge is 0.410 e. The van der Waals surface area contributed by atoms with E-state index < -0.39 is 6.09 Å². The molecule has 0 aliphatic heterocycles. The number of benzene rings is 2. The van der Waals surface area contributed by atoms with Crippen LogP contribution in [0.5, 0.6) is 5.75 Å². The largest absolute Gasteiger partial charge is 0.412 e. The summed E-state index contributed by atoms with van der Waals surface area (Å²) < 4.78 is 5.17. The monoisotopic (exact) mass is 270 g/mol. The van der Waals surface area contributed by atoms with Gasteiger partial charge in [-0.05, 0) is 43.2 Å². The van der Waals surface area contributed by atoms with Crippen LogP contribution in [-0.2, 0) is 6.42 Å². The Bertz CT molecular complexity index is 552. The minimum absolute atomic E-state index is 0.0187. The number of anilines is 1. The first kappa shape index (κ1) is 13.9. The Morgan fingerprint density at radius 2 is 1.80 bits per heavy atom. The van der Waals surface area contributed by atoms with E-state index in [0.29, 0.717) is 5.75 Å². The van der Waals surface area contributed by atoms with Gasteiger partial charge >= 0.3 is 6.09 Å². The molecule has 0 heterocycles. The van der Waals surface area contributed by atoms with Crippen LogP contribution in [0.4, 0.5) is 10.5 Å². The average Bonchev–Trinajstić information content (AvgIpc) is 2.42.